The number of methoxy groups -OCH3 is 1. The van der Waals surface area contributed by atoms with Crippen molar-refractivity contribution in [1.82, 2.24) is 14.5 Å². The molecule has 31 heavy (non-hydrogen) atoms. The smallest absolute Gasteiger partial charge is 0.425 e. The maximum Gasteiger partial charge on any atom is 0.425 e. The minimum atomic E-state index is -4.43. The van der Waals surface area contributed by atoms with Gasteiger partial charge in [-0.25, -0.2) is 9.18 Å². The highest BCUT2D eigenvalue weighted by molar-refractivity contribution is 7.12. The lowest BCUT2D eigenvalue weighted by Gasteiger charge is -2.31. The van der Waals surface area contributed by atoms with Gasteiger partial charge in [0.2, 0.25) is 5.95 Å². The molecule has 0 spiro atoms. The highest BCUT2D eigenvalue weighted by atomic mass is 32.1. The van der Waals surface area contributed by atoms with Crippen molar-refractivity contribution >= 4 is 17.3 Å². The van der Waals surface area contributed by atoms with E-state index in [0.717, 1.165) is 11.6 Å². The van der Waals surface area contributed by atoms with Crippen LogP contribution >= 0.6 is 11.3 Å². The number of aromatic nitrogens is 3. The van der Waals surface area contributed by atoms with E-state index < -0.39 is 22.9 Å². The number of aryl methyl sites for hydroxylation is 1. The molecular weight excluding hydrogens is 436 g/mol. The molecule has 1 aliphatic heterocycles. The Kier molecular flexibility index (Phi) is 5.46. The third kappa shape index (κ3) is 4.27. The average molecular weight is 454 g/mol. The van der Waals surface area contributed by atoms with E-state index in [1.54, 1.807) is 30.0 Å². The minimum absolute atomic E-state index is 0.0249. The van der Waals surface area contributed by atoms with Gasteiger partial charge in [-0.1, -0.05) is 6.07 Å². The summed E-state index contributed by atoms with van der Waals surface area (Å²) in [6, 6.07) is 7.46. The van der Waals surface area contributed by atoms with Crippen LogP contribution in [0.25, 0.3) is 0 Å². The fourth-order valence-corrected chi connectivity index (χ4v) is 4.32. The zero-order valence-corrected chi connectivity index (χ0v) is 17.4. The summed E-state index contributed by atoms with van der Waals surface area (Å²) in [5, 5.41) is 0. The first kappa shape index (κ1) is 21.3. The number of nitrogens with zero attached hydrogens (tertiary/aromatic N) is 4. The normalized spacial score (nSPS) is 16.3. The molecule has 1 aromatic carbocycles. The first-order valence-corrected chi connectivity index (χ1v) is 10.1. The fraction of sp³-hybridized carbons (Fsp3) is 0.350. The standard InChI is InChI=1S/C20H18F4N4O2S/c1-11-25-18(27-8-12-3-4-13(30-2)7-15(12)16(21)10-27)26-19(29)28(11)9-14-5-6-17(31-14)20(22,23)24/h3-7,16H,8-10H2,1-2H3. The van der Waals surface area contributed by atoms with Crippen molar-refractivity contribution in [3.8, 4) is 5.75 Å². The maximum atomic E-state index is 14.8. The monoisotopic (exact) mass is 454 g/mol. The molecule has 0 saturated carbocycles. The predicted molar refractivity (Wildman–Crippen MR) is 107 cm³/mol. The van der Waals surface area contributed by atoms with Crippen molar-refractivity contribution in [1.29, 1.82) is 0 Å². The Bertz CT molecular complexity index is 1170. The molecule has 1 atom stereocenters. The van der Waals surface area contributed by atoms with Crippen molar-refractivity contribution in [3.05, 3.63) is 67.5 Å². The van der Waals surface area contributed by atoms with Crippen molar-refractivity contribution in [2.45, 2.75) is 32.4 Å². The van der Waals surface area contributed by atoms with E-state index in [1.807, 2.05) is 0 Å². The molecule has 6 nitrogen and oxygen atoms in total. The number of halogens is 4. The van der Waals surface area contributed by atoms with Crippen LogP contribution in [0.1, 0.15) is 32.9 Å². The van der Waals surface area contributed by atoms with E-state index in [-0.39, 0.29) is 24.9 Å². The van der Waals surface area contributed by atoms with Gasteiger partial charge in [-0.2, -0.15) is 23.1 Å². The van der Waals surface area contributed by atoms with Crippen molar-refractivity contribution in [2.75, 3.05) is 18.6 Å². The van der Waals surface area contributed by atoms with Crippen molar-refractivity contribution in [3.63, 3.8) is 0 Å². The van der Waals surface area contributed by atoms with Gasteiger partial charge in [0, 0.05) is 11.4 Å². The number of thiophene rings is 1. The van der Waals surface area contributed by atoms with E-state index in [9.17, 15) is 22.4 Å². The summed E-state index contributed by atoms with van der Waals surface area (Å²) in [4.78, 5) is 22.1. The van der Waals surface area contributed by atoms with E-state index in [4.69, 9.17) is 4.74 Å². The Labute approximate surface area is 178 Å². The molecule has 2 aromatic heterocycles. The Morgan fingerprint density at radius 3 is 2.65 bits per heavy atom. The molecule has 4 rings (SSSR count). The van der Waals surface area contributed by atoms with Gasteiger partial charge in [0.25, 0.3) is 0 Å². The highest BCUT2D eigenvalue weighted by Gasteiger charge is 2.32. The van der Waals surface area contributed by atoms with Crippen LogP contribution in [0.5, 0.6) is 5.75 Å². The Morgan fingerprint density at radius 2 is 2.00 bits per heavy atom. The largest absolute Gasteiger partial charge is 0.497 e. The average Bonchev–Trinajstić information content (AvgIpc) is 3.19. The number of alkyl halides is 4. The zero-order valence-electron chi connectivity index (χ0n) is 16.6. The summed E-state index contributed by atoms with van der Waals surface area (Å²) < 4.78 is 59.5. The van der Waals surface area contributed by atoms with Crippen LogP contribution in [0, 0.1) is 6.92 Å². The summed E-state index contributed by atoms with van der Waals surface area (Å²) >= 11 is 0.569. The van der Waals surface area contributed by atoms with Crippen molar-refractivity contribution in [2.24, 2.45) is 0 Å². The number of hydrogen-bond acceptors (Lipinski definition) is 6. The first-order chi connectivity index (χ1) is 14.7. The van der Waals surface area contributed by atoms with Gasteiger partial charge < -0.3 is 9.64 Å². The zero-order chi connectivity index (χ0) is 22.3. The van der Waals surface area contributed by atoms with Gasteiger partial charge in [0.15, 0.2) is 0 Å². The summed E-state index contributed by atoms with van der Waals surface area (Å²) in [5.41, 5.74) is 0.613. The van der Waals surface area contributed by atoms with Gasteiger partial charge in [0.05, 0.1) is 20.2 Å². The predicted octanol–water partition coefficient (Wildman–Crippen LogP) is 4.11. The number of rotatable bonds is 4. The van der Waals surface area contributed by atoms with Crippen LogP contribution in [0.3, 0.4) is 0 Å². The molecule has 164 valence electrons. The van der Waals surface area contributed by atoms with Crippen molar-refractivity contribution < 1.29 is 22.3 Å². The quantitative estimate of drug-likeness (QED) is 0.556. The molecule has 1 unspecified atom stereocenters. The van der Waals surface area contributed by atoms with Gasteiger partial charge >= 0.3 is 11.9 Å². The van der Waals surface area contributed by atoms with E-state index in [2.05, 4.69) is 9.97 Å². The second-order valence-electron chi connectivity index (χ2n) is 7.12. The van der Waals surface area contributed by atoms with E-state index >= 15 is 0 Å². The third-order valence-corrected chi connectivity index (χ3v) is 6.16. The maximum absolute atomic E-state index is 14.8. The molecule has 0 saturated heterocycles. The van der Waals surface area contributed by atoms with Crippen LogP contribution in [0.2, 0.25) is 0 Å². The molecule has 0 fully saturated rings. The number of hydrogen-bond donors (Lipinski definition) is 0. The van der Waals surface area contributed by atoms with E-state index in [0.29, 0.717) is 34.1 Å². The summed E-state index contributed by atoms with van der Waals surface area (Å²) in [6.45, 7) is 1.80. The van der Waals surface area contributed by atoms with Gasteiger partial charge in [0.1, 0.15) is 22.6 Å². The number of ether oxygens (including phenoxy) is 1. The highest BCUT2D eigenvalue weighted by Crippen LogP contribution is 2.35. The SMILES string of the molecule is COc1ccc2c(c1)C(F)CN(c1nc(C)n(Cc3ccc(C(F)(F)F)s3)c(=O)n1)C2. The topological polar surface area (TPSA) is 60.2 Å². The van der Waals surface area contributed by atoms with Crippen LogP contribution < -0.4 is 15.3 Å². The Morgan fingerprint density at radius 1 is 1.23 bits per heavy atom. The molecule has 0 amide bonds. The van der Waals surface area contributed by atoms with Gasteiger partial charge in [-0.3, -0.25) is 4.57 Å². The number of fused-ring (bicyclic) bond motifs is 1. The molecule has 0 bridgehead atoms. The summed E-state index contributed by atoms with van der Waals surface area (Å²) in [6.07, 6.45) is -5.74. The number of anilines is 1. The third-order valence-electron chi connectivity index (χ3n) is 5.05. The molecule has 0 N–H and O–H groups in total. The Hall–Kier alpha value is -2.95. The minimum Gasteiger partial charge on any atom is -0.497 e. The molecule has 1 aliphatic rings. The summed E-state index contributed by atoms with van der Waals surface area (Å²) in [5.74, 6) is 0.935. The van der Waals surface area contributed by atoms with Crippen LogP contribution in [-0.4, -0.2) is 28.2 Å². The van der Waals surface area contributed by atoms with Crippen LogP contribution in [0.15, 0.2) is 35.1 Å². The lowest BCUT2D eigenvalue weighted by atomic mass is 9.98. The number of benzene rings is 1. The lowest BCUT2D eigenvalue weighted by molar-refractivity contribution is -0.134. The lowest BCUT2D eigenvalue weighted by Crippen LogP contribution is -2.37. The summed E-state index contributed by atoms with van der Waals surface area (Å²) in [7, 11) is 1.51. The molecule has 3 aromatic rings. The molecule has 11 heteroatoms. The van der Waals surface area contributed by atoms with E-state index in [1.165, 1.54) is 17.7 Å². The Balaban J connectivity index is 1.59. The second kappa shape index (κ2) is 7.95. The fourth-order valence-electron chi connectivity index (χ4n) is 3.46. The second-order valence-corrected chi connectivity index (χ2v) is 8.28. The van der Waals surface area contributed by atoms with Gasteiger partial charge in [-0.05, 0) is 42.3 Å². The van der Waals surface area contributed by atoms with Gasteiger partial charge in [-0.15, -0.1) is 11.3 Å². The first-order valence-electron chi connectivity index (χ1n) is 9.33. The molecular formula is C20H18F4N4O2S. The van der Waals surface area contributed by atoms with Crippen LogP contribution in [-0.2, 0) is 19.3 Å². The molecule has 0 aliphatic carbocycles. The molecule has 3 heterocycles. The molecule has 0 radical (unpaired) electrons. The van der Waals surface area contributed by atoms with Crippen LogP contribution in [0.4, 0.5) is 23.5 Å².